The van der Waals surface area contributed by atoms with Crippen molar-refractivity contribution in [3.8, 4) is 0 Å². The Labute approximate surface area is 68.7 Å². The van der Waals surface area contributed by atoms with Crippen molar-refractivity contribution < 1.29 is 0 Å². The molecule has 0 aromatic heterocycles. The Bertz CT molecular complexity index is 162. The van der Waals surface area contributed by atoms with E-state index >= 15 is 0 Å². The molecular weight excluding hydrogens is 134 g/mol. The molecule has 2 N–H and O–H groups in total. The van der Waals surface area contributed by atoms with E-state index in [0.29, 0.717) is 0 Å². The van der Waals surface area contributed by atoms with Crippen LogP contribution in [0.15, 0.2) is 12.2 Å². The summed E-state index contributed by atoms with van der Waals surface area (Å²) in [5.41, 5.74) is 5.57. The van der Waals surface area contributed by atoms with E-state index in [1.807, 2.05) is 0 Å². The highest BCUT2D eigenvalue weighted by Crippen LogP contribution is 2.41. The number of hydrogen-bond acceptors (Lipinski definition) is 1. The maximum Gasteiger partial charge on any atom is -0.00744 e. The first-order valence-corrected chi connectivity index (χ1v) is 4.78. The molecule has 1 fully saturated rings. The van der Waals surface area contributed by atoms with Crippen LogP contribution in [0, 0.1) is 17.8 Å². The lowest BCUT2D eigenvalue weighted by molar-refractivity contribution is 0.212. The third-order valence-corrected chi connectivity index (χ3v) is 3.25. The monoisotopic (exact) mass is 151 g/mol. The molecule has 0 aliphatic heterocycles. The lowest BCUT2D eigenvalue weighted by Gasteiger charge is -2.37. The zero-order chi connectivity index (χ0) is 7.68. The van der Waals surface area contributed by atoms with Crippen LogP contribution in [0.25, 0.3) is 0 Å². The van der Waals surface area contributed by atoms with Gasteiger partial charge in [-0.25, -0.2) is 0 Å². The van der Waals surface area contributed by atoms with E-state index in [-0.39, 0.29) is 0 Å². The predicted molar refractivity (Wildman–Crippen MR) is 47.1 cm³/mol. The van der Waals surface area contributed by atoms with Crippen LogP contribution in [0.1, 0.15) is 25.7 Å². The number of allylic oxidation sites excluding steroid dienone is 2. The van der Waals surface area contributed by atoms with Crippen LogP contribution in [-0.4, -0.2) is 6.54 Å². The second-order valence-corrected chi connectivity index (χ2v) is 3.96. The highest BCUT2D eigenvalue weighted by atomic mass is 14.5. The molecule has 3 unspecified atom stereocenters. The Hall–Kier alpha value is -0.300. The molecule has 3 aliphatic carbocycles. The second kappa shape index (κ2) is 2.98. The highest BCUT2D eigenvalue weighted by Gasteiger charge is 2.30. The molecule has 0 radical (unpaired) electrons. The average Bonchev–Trinajstić information content (AvgIpc) is 2.07. The van der Waals surface area contributed by atoms with E-state index in [0.717, 1.165) is 24.3 Å². The Morgan fingerprint density at radius 1 is 1.27 bits per heavy atom. The quantitative estimate of drug-likeness (QED) is 0.600. The molecule has 0 saturated heterocycles. The molecule has 1 nitrogen and oxygen atoms in total. The summed E-state index contributed by atoms with van der Waals surface area (Å²) in [5.74, 6) is 2.70. The Balaban J connectivity index is 2.00. The maximum absolute atomic E-state index is 5.57. The molecule has 3 rings (SSSR count). The summed E-state index contributed by atoms with van der Waals surface area (Å²) >= 11 is 0. The van der Waals surface area contributed by atoms with Crippen LogP contribution in [0.2, 0.25) is 0 Å². The summed E-state index contributed by atoms with van der Waals surface area (Å²) in [6, 6.07) is 0. The minimum atomic E-state index is 0.877. The van der Waals surface area contributed by atoms with Crippen LogP contribution < -0.4 is 5.73 Å². The van der Waals surface area contributed by atoms with Gasteiger partial charge in [0.15, 0.2) is 0 Å². The van der Waals surface area contributed by atoms with Gasteiger partial charge in [-0.15, -0.1) is 0 Å². The predicted octanol–water partition coefficient (Wildman–Crippen LogP) is 1.94. The molecule has 0 amide bonds. The molecular formula is C10H17N. The van der Waals surface area contributed by atoms with Crippen molar-refractivity contribution in [1.82, 2.24) is 0 Å². The van der Waals surface area contributed by atoms with E-state index in [1.54, 1.807) is 0 Å². The molecule has 2 bridgehead atoms. The molecule has 1 heteroatoms. The minimum Gasteiger partial charge on any atom is -0.330 e. The maximum atomic E-state index is 5.57. The molecule has 3 aliphatic rings. The van der Waals surface area contributed by atoms with Crippen molar-refractivity contribution in [2.75, 3.05) is 6.54 Å². The van der Waals surface area contributed by atoms with Crippen LogP contribution in [0.3, 0.4) is 0 Å². The van der Waals surface area contributed by atoms with Crippen molar-refractivity contribution in [3.05, 3.63) is 12.2 Å². The number of nitrogens with two attached hydrogens (primary N) is 1. The van der Waals surface area contributed by atoms with E-state index in [4.69, 9.17) is 5.73 Å². The summed E-state index contributed by atoms with van der Waals surface area (Å²) in [7, 11) is 0. The number of hydrogen-bond donors (Lipinski definition) is 1. The SMILES string of the molecule is NCCC1CC2C=CC1CC2. The van der Waals surface area contributed by atoms with Gasteiger partial charge in [0, 0.05) is 0 Å². The summed E-state index contributed by atoms with van der Waals surface area (Å²) < 4.78 is 0. The van der Waals surface area contributed by atoms with Gasteiger partial charge in [-0.2, -0.15) is 0 Å². The van der Waals surface area contributed by atoms with Gasteiger partial charge in [-0.3, -0.25) is 0 Å². The van der Waals surface area contributed by atoms with Gasteiger partial charge in [0.05, 0.1) is 0 Å². The normalized spacial score (nSPS) is 41.4. The number of rotatable bonds is 2. The molecule has 0 aromatic rings. The minimum absolute atomic E-state index is 0.877. The van der Waals surface area contributed by atoms with Crippen LogP contribution in [-0.2, 0) is 0 Å². The summed E-state index contributed by atoms with van der Waals surface area (Å²) in [4.78, 5) is 0. The summed E-state index contributed by atoms with van der Waals surface area (Å²) in [6.07, 6.45) is 10.4. The first-order chi connectivity index (χ1) is 5.40. The zero-order valence-electron chi connectivity index (χ0n) is 7.00. The zero-order valence-corrected chi connectivity index (χ0v) is 7.00. The fourth-order valence-corrected chi connectivity index (χ4v) is 2.60. The van der Waals surface area contributed by atoms with E-state index in [9.17, 15) is 0 Å². The van der Waals surface area contributed by atoms with Crippen molar-refractivity contribution in [1.29, 1.82) is 0 Å². The van der Waals surface area contributed by atoms with Crippen LogP contribution in [0.4, 0.5) is 0 Å². The fourth-order valence-electron chi connectivity index (χ4n) is 2.60. The van der Waals surface area contributed by atoms with Gasteiger partial charge in [0.1, 0.15) is 0 Å². The Kier molecular flexibility index (Phi) is 1.99. The smallest absolute Gasteiger partial charge is 0.00744 e. The van der Waals surface area contributed by atoms with Crippen LogP contribution in [0.5, 0.6) is 0 Å². The third kappa shape index (κ3) is 1.34. The van der Waals surface area contributed by atoms with E-state index < -0.39 is 0 Å². The van der Waals surface area contributed by atoms with Crippen molar-refractivity contribution in [2.45, 2.75) is 25.7 Å². The average molecular weight is 151 g/mol. The Morgan fingerprint density at radius 3 is 2.64 bits per heavy atom. The summed E-state index contributed by atoms with van der Waals surface area (Å²) in [5, 5.41) is 0. The topological polar surface area (TPSA) is 26.0 Å². The first-order valence-electron chi connectivity index (χ1n) is 4.78. The molecule has 1 saturated carbocycles. The first kappa shape index (κ1) is 7.35. The van der Waals surface area contributed by atoms with Gasteiger partial charge in [0.2, 0.25) is 0 Å². The van der Waals surface area contributed by atoms with Gasteiger partial charge >= 0.3 is 0 Å². The molecule has 62 valence electrons. The molecule has 0 aromatic carbocycles. The van der Waals surface area contributed by atoms with Crippen molar-refractivity contribution in [2.24, 2.45) is 23.5 Å². The van der Waals surface area contributed by atoms with Crippen LogP contribution >= 0.6 is 0 Å². The molecule has 0 heterocycles. The van der Waals surface area contributed by atoms with Gasteiger partial charge in [0.25, 0.3) is 0 Å². The molecule has 0 spiro atoms. The lowest BCUT2D eigenvalue weighted by atomic mass is 9.68. The van der Waals surface area contributed by atoms with Crippen molar-refractivity contribution >= 4 is 0 Å². The fraction of sp³-hybridized carbons (Fsp3) is 0.800. The standard InChI is InChI=1S/C10H17N/c11-6-5-10-7-8-1-3-9(10)4-2-8/h1,3,8-10H,2,4-7,11H2. The second-order valence-electron chi connectivity index (χ2n) is 3.96. The number of fused-ring (bicyclic) bond motifs is 2. The summed E-state index contributed by atoms with van der Waals surface area (Å²) in [6.45, 7) is 0.877. The highest BCUT2D eigenvalue weighted by molar-refractivity contribution is 5.05. The lowest BCUT2D eigenvalue weighted by Crippen LogP contribution is -2.28. The van der Waals surface area contributed by atoms with E-state index in [1.165, 1.54) is 25.7 Å². The van der Waals surface area contributed by atoms with Gasteiger partial charge in [-0.1, -0.05) is 12.2 Å². The third-order valence-electron chi connectivity index (χ3n) is 3.25. The van der Waals surface area contributed by atoms with Crippen molar-refractivity contribution in [3.63, 3.8) is 0 Å². The largest absolute Gasteiger partial charge is 0.330 e. The van der Waals surface area contributed by atoms with Gasteiger partial charge < -0.3 is 5.73 Å². The Morgan fingerprint density at radius 2 is 2.18 bits per heavy atom. The molecule has 11 heavy (non-hydrogen) atoms. The van der Waals surface area contributed by atoms with Gasteiger partial charge in [-0.05, 0) is 50.0 Å². The van der Waals surface area contributed by atoms with E-state index in [2.05, 4.69) is 12.2 Å². The molecule has 3 atom stereocenters.